The fourth-order valence-electron chi connectivity index (χ4n) is 2.44. The van der Waals surface area contributed by atoms with Gasteiger partial charge in [-0.15, -0.1) is 0 Å². The number of hydrogen-bond donors (Lipinski definition) is 1. The van der Waals surface area contributed by atoms with Crippen molar-refractivity contribution in [2.24, 2.45) is 5.92 Å². The highest BCUT2D eigenvalue weighted by Gasteiger charge is 2.20. The Kier molecular flexibility index (Phi) is 4.93. The molecule has 2 unspecified atom stereocenters. The summed E-state index contributed by atoms with van der Waals surface area (Å²) in [6.07, 6.45) is 8.69. The molecule has 100 valence electrons. The van der Waals surface area contributed by atoms with Gasteiger partial charge in [0.1, 0.15) is 6.10 Å². The van der Waals surface area contributed by atoms with Crippen molar-refractivity contribution in [3.8, 4) is 5.88 Å². The molecule has 4 heteroatoms. The van der Waals surface area contributed by atoms with Crippen molar-refractivity contribution in [1.29, 1.82) is 0 Å². The van der Waals surface area contributed by atoms with E-state index in [-0.39, 0.29) is 0 Å². The number of hydrogen-bond acceptors (Lipinski definition) is 4. The van der Waals surface area contributed by atoms with Gasteiger partial charge in [-0.25, -0.2) is 4.98 Å². The van der Waals surface area contributed by atoms with E-state index in [1.807, 2.05) is 0 Å². The van der Waals surface area contributed by atoms with Gasteiger partial charge in [0, 0.05) is 12.7 Å². The van der Waals surface area contributed by atoms with Crippen LogP contribution in [0.2, 0.25) is 0 Å². The largest absolute Gasteiger partial charge is 0.473 e. The van der Waals surface area contributed by atoms with Gasteiger partial charge in [-0.05, 0) is 31.7 Å². The third-order valence-electron chi connectivity index (χ3n) is 3.39. The molecule has 0 saturated heterocycles. The third-order valence-corrected chi connectivity index (χ3v) is 3.39. The molecule has 4 nitrogen and oxygen atoms in total. The van der Waals surface area contributed by atoms with Gasteiger partial charge in [0.25, 0.3) is 0 Å². The Morgan fingerprint density at radius 3 is 3.06 bits per heavy atom. The van der Waals surface area contributed by atoms with Crippen LogP contribution >= 0.6 is 0 Å². The van der Waals surface area contributed by atoms with Crippen molar-refractivity contribution in [1.82, 2.24) is 15.3 Å². The van der Waals surface area contributed by atoms with Gasteiger partial charge in [-0.2, -0.15) is 0 Å². The van der Waals surface area contributed by atoms with Crippen LogP contribution in [0, 0.1) is 5.92 Å². The third kappa shape index (κ3) is 3.95. The maximum absolute atomic E-state index is 5.94. The van der Waals surface area contributed by atoms with Crippen LogP contribution in [0.1, 0.15) is 45.2 Å². The lowest BCUT2D eigenvalue weighted by molar-refractivity contribution is 0.123. The first-order chi connectivity index (χ1) is 8.78. The highest BCUT2D eigenvalue weighted by Crippen LogP contribution is 2.26. The summed E-state index contributed by atoms with van der Waals surface area (Å²) in [6, 6.07) is 0. The lowest BCUT2D eigenvalue weighted by Crippen LogP contribution is -2.24. The average Bonchev–Trinajstić information content (AvgIpc) is 2.37. The predicted octanol–water partition coefficient (Wildman–Crippen LogP) is 2.54. The normalized spacial score (nSPS) is 23.9. The molecule has 1 aromatic rings. The molecule has 1 aliphatic rings. The molecule has 2 rings (SSSR count). The Morgan fingerprint density at radius 1 is 1.39 bits per heavy atom. The van der Waals surface area contributed by atoms with Crippen molar-refractivity contribution in [2.45, 2.75) is 52.2 Å². The minimum Gasteiger partial charge on any atom is -0.473 e. The van der Waals surface area contributed by atoms with E-state index in [0.29, 0.717) is 12.0 Å². The lowest BCUT2D eigenvalue weighted by Gasteiger charge is -2.26. The summed E-state index contributed by atoms with van der Waals surface area (Å²) in [5, 5.41) is 3.24. The average molecular weight is 249 g/mol. The maximum atomic E-state index is 5.94. The molecule has 0 amide bonds. The Bertz CT molecular complexity index is 370. The van der Waals surface area contributed by atoms with Crippen LogP contribution in [0.4, 0.5) is 0 Å². The number of nitrogens with zero attached hydrogens (tertiary/aromatic N) is 2. The summed E-state index contributed by atoms with van der Waals surface area (Å²) in [6.45, 7) is 6.06. The topological polar surface area (TPSA) is 47.0 Å². The summed E-state index contributed by atoms with van der Waals surface area (Å²) in [5.41, 5.74) is 0.943. The molecule has 0 aliphatic heterocycles. The Hall–Kier alpha value is -1.16. The van der Waals surface area contributed by atoms with Crippen LogP contribution in [0.15, 0.2) is 12.4 Å². The van der Waals surface area contributed by atoms with Crippen LogP contribution in [0.25, 0.3) is 0 Å². The summed E-state index contributed by atoms with van der Waals surface area (Å²) < 4.78 is 5.94. The van der Waals surface area contributed by atoms with Crippen molar-refractivity contribution in [3.05, 3.63) is 18.1 Å². The number of ether oxygens (including phenoxy) is 1. The highest BCUT2D eigenvalue weighted by atomic mass is 16.5. The first kappa shape index (κ1) is 13.3. The highest BCUT2D eigenvalue weighted by molar-refractivity contribution is 5.08. The second-order valence-electron chi connectivity index (χ2n) is 5.14. The van der Waals surface area contributed by atoms with E-state index in [1.165, 1.54) is 12.8 Å². The maximum Gasteiger partial charge on any atom is 0.232 e. The van der Waals surface area contributed by atoms with Gasteiger partial charge in [0.15, 0.2) is 0 Å². The van der Waals surface area contributed by atoms with Crippen LogP contribution in [-0.2, 0) is 6.54 Å². The number of aromatic nitrogens is 2. The Morgan fingerprint density at radius 2 is 2.28 bits per heavy atom. The molecule has 1 heterocycles. The fraction of sp³-hybridized carbons (Fsp3) is 0.714. The second kappa shape index (κ2) is 6.69. The molecule has 0 aromatic carbocycles. The lowest BCUT2D eigenvalue weighted by atomic mass is 9.89. The number of nitrogens with one attached hydrogen (secondary N) is 1. The molecule has 0 bridgehead atoms. The molecule has 1 saturated carbocycles. The van der Waals surface area contributed by atoms with E-state index in [2.05, 4.69) is 29.1 Å². The van der Waals surface area contributed by atoms with Gasteiger partial charge in [0.2, 0.25) is 5.88 Å². The zero-order valence-corrected chi connectivity index (χ0v) is 11.4. The van der Waals surface area contributed by atoms with Crippen LogP contribution in [-0.4, -0.2) is 22.6 Å². The van der Waals surface area contributed by atoms with Gasteiger partial charge in [-0.3, -0.25) is 4.98 Å². The smallest absolute Gasteiger partial charge is 0.232 e. The van der Waals surface area contributed by atoms with E-state index < -0.39 is 0 Å². The predicted molar refractivity (Wildman–Crippen MR) is 71.5 cm³/mol. The zero-order chi connectivity index (χ0) is 12.8. The van der Waals surface area contributed by atoms with Gasteiger partial charge in [-0.1, -0.05) is 20.3 Å². The van der Waals surface area contributed by atoms with E-state index in [0.717, 1.165) is 37.5 Å². The van der Waals surface area contributed by atoms with Crippen LogP contribution in [0.5, 0.6) is 5.88 Å². The summed E-state index contributed by atoms with van der Waals surface area (Å²) in [4.78, 5) is 8.68. The zero-order valence-electron chi connectivity index (χ0n) is 11.4. The first-order valence-corrected chi connectivity index (χ1v) is 6.96. The van der Waals surface area contributed by atoms with E-state index in [9.17, 15) is 0 Å². The SMILES string of the molecule is CCNCc1cncc(OC2CCCC(C)C2)n1. The summed E-state index contributed by atoms with van der Waals surface area (Å²) >= 11 is 0. The molecule has 1 aromatic heterocycles. The molecule has 1 N–H and O–H groups in total. The molecule has 18 heavy (non-hydrogen) atoms. The Balaban J connectivity index is 1.91. The van der Waals surface area contributed by atoms with Gasteiger partial charge >= 0.3 is 0 Å². The fourth-order valence-corrected chi connectivity index (χ4v) is 2.44. The molecular formula is C14H23N3O. The van der Waals surface area contributed by atoms with Crippen molar-refractivity contribution < 1.29 is 4.74 Å². The summed E-state index contributed by atoms with van der Waals surface area (Å²) in [5.74, 6) is 1.44. The molecular weight excluding hydrogens is 226 g/mol. The second-order valence-corrected chi connectivity index (χ2v) is 5.14. The Labute approximate surface area is 109 Å². The minimum atomic E-state index is 0.317. The van der Waals surface area contributed by atoms with E-state index in [1.54, 1.807) is 12.4 Å². The van der Waals surface area contributed by atoms with E-state index in [4.69, 9.17) is 4.74 Å². The minimum absolute atomic E-state index is 0.317. The van der Waals surface area contributed by atoms with Gasteiger partial charge in [0.05, 0.1) is 11.9 Å². The molecule has 1 aliphatic carbocycles. The summed E-state index contributed by atoms with van der Waals surface area (Å²) in [7, 11) is 0. The van der Waals surface area contributed by atoms with Crippen molar-refractivity contribution in [3.63, 3.8) is 0 Å². The standard InChI is InChI=1S/C14H23N3O/c1-3-15-8-12-9-16-10-14(17-12)18-13-6-4-5-11(2)7-13/h9-11,13,15H,3-8H2,1-2H3. The number of rotatable bonds is 5. The molecule has 2 atom stereocenters. The van der Waals surface area contributed by atoms with E-state index >= 15 is 0 Å². The monoisotopic (exact) mass is 249 g/mol. The molecule has 1 fully saturated rings. The van der Waals surface area contributed by atoms with Crippen molar-refractivity contribution in [2.75, 3.05) is 6.54 Å². The van der Waals surface area contributed by atoms with Gasteiger partial charge < -0.3 is 10.1 Å². The van der Waals surface area contributed by atoms with Crippen molar-refractivity contribution >= 4 is 0 Å². The molecule has 0 radical (unpaired) electrons. The first-order valence-electron chi connectivity index (χ1n) is 6.96. The van der Waals surface area contributed by atoms with Crippen LogP contribution < -0.4 is 10.1 Å². The van der Waals surface area contributed by atoms with Crippen LogP contribution in [0.3, 0.4) is 0 Å². The quantitative estimate of drug-likeness (QED) is 0.871. The molecule has 0 spiro atoms.